The molecule has 0 saturated heterocycles. The average Bonchev–Trinajstić information content (AvgIpc) is 2.47. The first kappa shape index (κ1) is 12.5. The molecule has 0 atom stereocenters. The van der Waals surface area contributed by atoms with Gasteiger partial charge < -0.3 is 5.32 Å². The Morgan fingerprint density at radius 3 is 2.45 bits per heavy atom. The lowest BCUT2D eigenvalue weighted by Gasteiger charge is -2.10. The summed E-state index contributed by atoms with van der Waals surface area (Å²) < 4.78 is 27.3. The Balaban J connectivity index is 2.32. The van der Waals surface area contributed by atoms with Crippen LogP contribution in [0.25, 0.3) is 22.2 Å². The van der Waals surface area contributed by atoms with Crippen LogP contribution in [0.15, 0.2) is 48.5 Å². The summed E-state index contributed by atoms with van der Waals surface area (Å²) in [5, 5.41) is 3.40. The highest BCUT2D eigenvalue weighted by molar-refractivity contribution is 5.94. The van der Waals surface area contributed by atoms with E-state index in [2.05, 4.69) is 10.3 Å². The van der Waals surface area contributed by atoms with E-state index in [0.29, 0.717) is 16.8 Å². The van der Waals surface area contributed by atoms with Crippen LogP contribution in [0, 0.1) is 11.6 Å². The van der Waals surface area contributed by atoms with E-state index < -0.39 is 11.6 Å². The number of anilines is 1. The molecular weight excluding hydrogens is 258 g/mol. The van der Waals surface area contributed by atoms with Crippen molar-refractivity contribution in [3.8, 4) is 11.3 Å². The van der Waals surface area contributed by atoms with Gasteiger partial charge in [-0.2, -0.15) is 0 Å². The summed E-state index contributed by atoms with van der Waals surface area (Å²) in [6.45, 7) is 0. The zero-order chi connectivity index (χ0) is 14.1. The molecule has 3 rings (SSSR count). The van der Waals surface area contributed by atoms with Crippen molar-refractivity contribution in [1.29, 1.82) is 0 Å². The number of nitrogens with one attached hydrogen (secondary N) is 1. The second-order valence-electron chi connectivity index (χ2n) is 4.45. The van der Waals surface area contributed by atoms with E-state index in [1.807, 2.05) is 30.3 Å². The molecule has 100 valence electrons. The highest BCUT2D eigenvalue weighted by Gasteiger charge is 2.12. The fourth-order valence-corrected chi connectivity index (χ4v) is 2.22. The van der Waals surface area contributed by atoms with Crippen LogP contribution < -0.4 is 5.32 Å². The number of benzene rings is 2. The predicted octanol–water partition coefficient (Wildman–Crippen LogP) is 4.22. The van der Waals surface area contributed by atoms with Crippen LogP contribution >= 0.6 is 0 Å². The van der Waals surface area contributed by atoms with Crippen LogP contribution in [0.3, 0.4) is 0 Å². The number of fused-ring (bicyclic) bond motifs is 1. The number of nitrogens with zero attached hydrogens (tertiary/aromatic N) is 1. The Morgan fingerprint density at radius 1 is 1.00 bits per heavy atom. The van der Waals surface area contributed by atoms with Gasteiger partial charge in [-0.1, -0.05) is 30.3 Å². The minimum absolute atomic E-state index is 0.164. The van der Waals surface area contributed by atoms with Gasteiger partial charge in [-0.25, -0.2) is 13.8 Å². The Bertz CT molecular complexity index is 770. The summed E-state index contributed by atoms with van der Waals surface area (Å²) in [5.41, 5.74) is 2.34. The van der Waals surface area contributed by atoms with Gasteiger partial charge in [-0.15, -0.1) is 0 Å². The van der Waals surface area contributed by atoms with Gasteiger partial charge in [0.15, 0.2) is 5.82 Å². The number of rotatable bonds is 2. The summed E-state index contributed by atoms with van der Waals surface area (Å²) in [6, 6.07) is 13.4. The minimum Gasteiger partial charge on any atom is -0.388 e. The van der Waals surface area contributed by atoms with Crippen LogP contribution in [-0.4, -0.2) is 12.0 Å². The Labute approximate surface area is 115 Å². The topological polar surface area (TPSA) is 24.9 Å². The van der Waals surface area contributed by atoms with Gasteiger partial charge in [0.05, 0.1) is 5.69 Å². The fraction of sp³-hybridized carbons (Fsp3) is 0.0625. The molecule has 0 saturated carbocycles. The molecule has 20 heavy (non-hydrogen) atoms. The zero-order valence-corrected chi connectivity index (χ0v) is 10.8. The number of hydrogen-bond donors (Lipinski definition) is 1. The van der Waals surface area contributed by atoms with E-state index in [1.54, 1.807) is 13.1 Å². The number of pyridine rings is 1. The standard InChI is InChI=1S/C16H12F2N2/c1-19-15-9-14(10-5-3-2-4-6-10)20-16-12(15)7-11(17)8-13(16)18/h2-9H,1H3,(H,19,20). The van der Waals surface area contributed by atoms with Gasteiger partial charge in [0.2, 0.25) is 0 Å². The molecule has 2 aromatic carbocycles. The number of aromatic nitrogens is 1. The third-order valence-electron chi connectivity index (χ3n) is 3.17. The van der Waals surface area contributed by atoms with Crippen molar-refractivity contribution in [2.45, 2.75) is 0 Å². The smallest absolute Gasteiger partial charge is 0.152 e. The lowest BCUT2D eigenvalue weighted by Crippen LogP contribution is -1.96. The summed E-state index contributed by atoms with van der Waals surface area (Å²) in [4.78, 5) is 4.31. The largest absolute Gasteiger partial charge is 0.388 e. The molecule has 0 unspecified atom stereocenters. The van der Waals surface area contributed by atoms with Crippen LogP contribution in [0.4, 0.5) is 14.5 Å². The summed E-state index contributed by atoms with van der Waals surface area (Å²) in [5.74, 6) is -1.27. The summed E-state index contributed by atoms with van der Waals surface area (Å²) >= 11 is 0. The van der Waals surface area contributed by atoms with Crippen molar-refractivity contribution in [2.24, 2.45) is 0 Å². The fourth-order valence-electron chi connectivity index (χ4n) is 2.22. The maximum atomic E-state index is 13.9. The van der Waals surface area contributed by atoms with E-state index in [1.165, 1.54) is 6.07 Å². The normalized spacial score (nSPS) is 10.8. The van der Waals surface area contributed by atoms with Crippen LogP contribution in [0.1, 0.15) is 0 Å². The molecule has 0 spiro atoms. The van der Waals surface area contributed by atoms with Gasteiger partial charge in [-0.05, 0) is 12.1 Å². The Hall–Kier alpha value is -2.49. The maximum Gasteiger partial charge on any atom is 0.152 e. The molecule has 1 N–H and O–H groups in total. The second-order valence-corrected chi connectivity index (χ2v) is 4.45. The molecule has 3 aromatic rings. The van der Waals surface area contributed by atoms with Crippen LogP contribution in [0.2, 0.25) is 0 Å². The van der Waals surface area contributed by atoms with Gasteiger partial charge in [0, 0.05) is 29.8 Å². The third-order valence-corrected chi connectivity index (χ3v) is 3.17. The van der Waals surface area contributed by atoms with Crippen LogP contribution in [0.5, 0.6) is 0 Å². The molecule has 1 heterocycles. The highest BCUT2D eigenvalue weighted by Crippen LogP contribution is 2.30. The molecule has 0 fully saturated rings. The van der Waals surface area contributed by atoms with E-state index >= 15 is 0 Å². The molecule has 4 heteroatoms. The minimum atomic E-state index is -0.658. The first-order chi connectivity index (χ1) is 9.69. The Morgan fingerprint density at radius 2 is 1.75 bits per heavy atom. The van der Waals surface area contributed by atoms with Gasteiger partial charge in [0.25, 0.3) is 0 Å². The monoisotopic (exact) mass is 270 g/mol. The Kier molecular flexibility index (Phi) is 3.06. The molecule has 0 radical (unpaired) electrons. The molecule has 0 bridgehead atoms. The first-order valence-corrected chi connectivity index (χ1v) is 6.22. The van der Waals surface area contributed by atoms with E-state index in [4.69, 9.17) is 0 Å². The van der Waals surface area contributed by atoms with E-state index in [-0.39, 0.29) is 5.52 Å². The number of hydrogen-bond acceptors (Lipinski definition) is 2. The third kappa shape index (κ3) is 2.09. The van der Waals surface area contributed by atoms with Crippen molar-refractivity contribution in [3.05, 3.63) is 60.2 Å². The molecule has 0 aliphatic carbocycles. The van der Waals surface area contributed by atoms with Crippen molar-refractivity contribution >= 4 is 16.6 Å². The predicted molar refractivity (Wildman–Crippen MR) is 76.6 cm³/mol. The van der Waals surface area contributed by atoms with Crippen molar-refractivity contribution < 1.29 is 8.78 Å². The van der Waals surface area contributed by atoms with E-state index in [9.17, 15) is 8.78 Å². The van der Waals surface area contributed by atoms with Gasteiger partial charge in [0.1, 0.15) is 11.3 Å². The summed E-state index contributed by atoms with van der Waals surface area (Å²) in [7, 11) is 1.71. The number of halogens is 2. The maximum absolute atomic E-state index is 13.9. The quantitative estimate of drug-likeness (QED) is 0.754. The summed E-state index contributed by atoms with van der Waals surface area (Å²) in [6.07, 6.45) is 0. The average molecular weight is 270 g/mol. The molecule has 1 aromatic heterocycles. The molecule has 0 amide bonds. The van der Waals surface area contributed by atoms with Crippen molar-refractivity contribution in [1.82, 2.24) is 4.98 Å². The lowest BCUT2D eigenvalue weighted by atomic mass is 10.1. The first-order valence-electron chi connectivity index (χ1n) is 6.22. The molecule has 0 aliphatic rings. The molecule has 2 nitrogen and oxygen atoms in total. The zero-order valence-electron chi connectivity index (χ0n) is 10.8. The SMILES string of the molecule is CNc1cc(-c2ccccc2)nc2c(F)cc(F)cc12. The van der Waals surface area contributed by atoms with Crippen molar-refractivity contribution in [2.75, 3.05) is 12.4 Å². The second kappa shape index (κ2) is 4.89. The van der Waals surface area contributed by atoms with Gasteiger partial charge in [-0.3, -0.25) is 0 Å². The molecule has 0 aliphatic heterocycles. The lowest BCUT2D eigenvalue weighted by molar-refractivity contribution is 0.590. The molecular formula is C16H12F2N2. The van der Waals surface area contributed by atoms with E-state index in [0.717, 1.165) is 11.6 Å². The van der Waals surface area contributed by atoms with Crippen molar-refractivity contribution in [3.63, 3.8) is 0 Å². The van der Waals surface area contributed by atoms with Crippen LogP contribution in [-0.2, 0) is 0 Å². The van der Waals surface area contributed by atoms with Gasteiger partial charge >= 0.3 is 0 Å². The highest BCUT2D eigenvalue weighted by atomic mass is 19.1.